The Hall–Kier alpha value is -3.88. The predicted octanol–water partition coefficient (Wildman–Crippen LogP) is 3.81. The number of carbonyl (C=O) groups is 1. The summed E-state index contributed by atoms with van der Waals surface area (Å²) in [5, 5.41) is 13.9. The molecule has 0 spiro atoms. The zero-order valence-electron chi connectivity index (χ0n) is 16.4. The van der Waals surface area contributed by atoms with Crippen LogP contribution in [0, 0.1) is 18.6 Å². The molecule has 0 fully saturated rings. The summed E-state index contributed by atoms with van der Waals surface area (Å²) in [7, 11) is 3.71. The van der Waals surface area contributed by atoms with Crippen molar-refractivity contribution in [1.82, 2.24) is 19.6 Å². The number of halogens is 2. The highest BCUT2D eigenvalue weighted by atomic mass is 19.1. The third kappa shape index (κ3) is 3.24. The summed E-state index contributed by atoms with van der Waals surface area (Å²) in [6.45, 7) is 1.62. The number of benzene rings is 1. The SMILES string of the molecule is Cc1nn2c(C(=O)O)cc(-c3ccc(N(C)C)nc3)nc2c1-c1ccc(F)cc1F. The van der Waals surface area contributed by atoms with Crippen molar-refractivity contribution in [2.24, 2.45) is 0 Å². The maximum Gasteiger partial charge on any atom is 0.354 e. The first-order valence-corrected chi connectivity index (χ1v) is 8.99. The van der Waals surface area contributed by atoms with E-state index in [0.717, 1.165) is 22.5 Å². The molecule has 4 aromatic rings. The lowest BCUT2D eigenvalue weighted by molar-refractivity contribution is 0.0687. The van der Waals surface area contributed by atoms with Crippen LogP contribution in [0.2, 0.25) is 0 Å². The molecule has 0 aliphatic rings. The van der Waals surface area contributed by atoms with Crippen LogP contribution in [0.5, 0.6) is 0 Å². The van der Waals surface area contributed by atoms with E-state index in [1.807, 2.05) is 19.0 Å². The second-order valence-electron chi connectivity index (χ2n) is 6.95. The molecule has 0 atom stereocenters. The summed E-state index contributed by atoms with van der Waals surface area (Å²) < 4.78 is 29.0. The number of carboxylic acids is 1. The Morgan fingerprint density at radius 3 is 2.50 bits per heavy atom. The molecule has 7 nitrogen and oxygen atoms in total. The Balaban J connectivity index is 1.99. The normalized spacial score (nSPS) is 11.1. The average Bonchev–Trinajstić information content (AvgIpc) is 3.03. The fourth-order valence-electron chi connectivity index (χ4n) is 3.23. The Kier molecular flexibility index (Phi) is 4.65. The number of hydrogen-bond donors (Lipinski definition) is 1. The lowest BCUT2D eigenvalue weighted by Crippen LogP contribution is -2.10. The fourth-order valence-corrected chi connectivity index (χ4v) is 3.23. The van der Waals surface area contributed by atoms with Crippen LogP contribution in [0.25, 0.3) is 28.0 Å². The zero-order valence-corrected chi connectivity index (χ0v) is 16.4. The molecule has 4 rings (SSSR count). The van der Waals surface area contributed by atoms with Gasteiger partial charge in [0.15, 0.2) is 11.3 Å². The number of fused-ring (bicyclic) bond motifs is 1. The van der Waals surface area contributed by atoms with E-state index in [4.69, 9.17) is 0 Å². The van der Waals surface area contributed by atoms with Gasteiger partial charge in [-0.05, 0) is 37.3 Å². The number of rotatable bonds is 4. The van der Waals surface area contributed by atoms with Crippen molar-refractivity contribution >= 4 is 17.4 Å². The minimum Gasteiger partial charge on any atom is -0.477 e. The van der Waals surface area contributed by atoms with Crippen molar-refractivity contribution < 1.29 is 18.7 Å². The van der Waals surface area contributed by atoms with Gasteiger partial charge >= 0.3 is 5.97 Å². The van der Waals surface area contributed by atoms with Gasteiger partial charge in [0.25, 0.3) is 0 Å². The second-order valence-corrected chi connectivity index (χ2v) is 6.95. The van der Waals surface area contributed by atoms with Gasteiger partial charge in [-0.3, -0.25) is 0 Å². The average molecular weight is 409 g/mol. The molecular weight excluding hydrogens is 392 g/mol. The summed E-state index contributed by atoms with van der Waals surface area (Å²) in [6.07, 6.45) is 1.58. The number of hydrogen-bond acceptors (Lipinski definition) is 5. The number of aromatic nitrogens is 4. The Morgan fingerprint density at radius 2 is 1.90 bits per heavy atom. The van der Waals surface area contributed by atoms with E-state index in [-0.39, 0.29) is 16.9 Å². The largest absolute Gasteiger partial charge is 0.477 e. The van der Waals surface area contributed by atoms with Crippen LogP contribution >= 0.6 is 0 Å². The number of aryl methyl sites for hydroxylation is 1. The Morgan fingerprint density at radius 1 is 1.13 bits per heavy atom. The Bertz CT molecular complexity index is 1280. The van der Waals surface area contributed by atoms with Crippen LogP contribution < -0.4 is 4.90 Å². The van der Waals surface area contributed by atoms with E-state index in [1.165, 1.54) is 12.1 Å². The highest BCUT2D eigenvalue weighted by Crippen LogP contribution is 2.32. The highest BCUT2D eigenvalue weighted by molar-refractivity contribution is 5.90. The molecule has 0 unspecified atom stereocenters. The van der Waals surface area contributed by atoms with Crippen LogP contribution in [-0.2, 0) is 0 Å². The lowest BCUT2D eigenvalue weighted by Gasteiger charge is -2.11. The molecule has 152 valence electrons. The first kappa shape index (κ1) is 19.4. The molecule has 30 heavy (non-hydrogen) atoms. The molecule has 0 saturated heterocycles. The topological polar surface area (TPSA) is 83.6 Å². The van der Waals surface area contributed by atoms with E-state index in [9.17, 15) is 18.7 Å². The van der Waals surface area contributed by atoms with E-state index >= 15 is 0 Å². The lowest BCUT2D eigenvalue weighted by atomic mass is 10.1. The van der Waals surface area contributed by atoms with Gasteiger partial charge in [0.2, 0.25) is 0 Å². The summed E-state index contributed by atoms with van der Waals surface area (Å²) in [5.74, 6) is -1.98. The summed E-state index contributed by atoms with van der Waals surface area (Å²) in [5.41, 5.74) is 1.72. The maximum atomic E-state index is 14.5. The smallest absolute Gasteiger partial charge is 0.354 e. The van der Waals surface area contributed by atoms with Crippen LogP contribution in [0.1, 0.15) is 16.2 Å². The first-order chi connectivity index (χ1) is 14.3. The number of aromatic carboxylic acids is 1. The Labute approximate surface area is 170 Å². The van der Waals surface area contributed by atoms with Gasteiger partial charge in [0, 0.05) is 37.5 Å². The second kappa shape index (κ2) is 7.18. The fraction of sp³-hybridized carbons (Fsp3) is 0.143. The van der Waals surface area contributed by atoms with Gasteiger partial charge in [-0.25, -0.2) is 28.1 Å². The van der Waals surface area contributed by atoms with Crippen molar-refractivity contribution in [2.75, 3.05) is 19.0 Å². The third-order valence-electron chi connectivity index (χ3n) is 4.69. The number of nitrogens with zero attached hydrogens (tertiary/aromatic N) is 5. The molecule has 0 bridgehead atoms. The molecular formula is C21H17F2N5O2. The van der Waals surface area contributed by atoms with Crippen molar-refractivity contribution in [3.63, 3.8) is 0 Å². The quantitative estimate of drug-likeness (QED) is 0.552. The van der Waals surface area contributed by atoms with Crippen LogP contribution in [0.3, 0.4) is 0 Å². The third-order valence-corrected chi connectivity index (χ3v) is 4.69. The molecule has 3 heterocycles. The van der Waals surface area contributed by atoms with Crippen molar-refractivity contribution in [3.8, 4) is 22.4 Å². The van der Waals surface area contributed by atoms with Crippen molar-refractivity contribution in [2.45, 2.75) is 6.92 Å². The number of anilines is 1. The number of carboxylic acid groups (broad SMARTS) is 1. The first-order valence-electron chi connectivity index (χ1n) is 8.99. The monoisotopic (exact) mass is 409 g/mol. The van der Waals surface area contributed by atoms with Crippen LogP contribution in [0.4, 0.5) is 14.6 Å². The van der Waals surface area contributed by atoms with E-state index in [0.29, 0.717) is 22.5 Å². The van der Waals surface area contributed by atoms with E-state index < -0.39 is 17.6 Å². The molecule has 0 saturated carbocycles. The standard InChI is InChI=1S/C21H17F2N5O2/c1-11-19(14-6-5-13(22)8-15(14)23)20-25-16(9-17(21(29)30)28(20)26-11)12-4-7-18(24-10-12)27(2)3/h4-10H,1-3H3,(H,29,30). The van der Waals surface area contributed by atoms with Crippen LogP contribution in [0.15, 0.2) is 42.6 Å². The number of pyridine rings is 1. The molecule has 1 N–H and O–H groups in total. The van der Waals surface area contributed by atoms with Gasteiger partial charge in [-0.15, -0.1) is 0 Å². The van der Waals surface area contributed by atoms with Gasteiger partial charge in [0.1, 0.15) is 17.5 Å². The predicted molar refractivity (Wildman–Crippen MR) is 108 cm³/mol. The molecule has 0 aliphatic heterocycles. The molecule has 0 aliphatic carbocycles. The van der Waals surface area contributed by atoms with Gasteiger partial charge in [0.05, 0.1) is 17.0 Å². The molecule has 9 heteroatoms. The minimum absolute atomic E-state index is 0.0889. The van der Waals surface area contributed by atoms with Crippen molar-refractivity contribution in [3.05, 3.63) is 65.6 Å². The summed E-state index contributed by atoms with van der Waals surface area (Å²) >= 11 is 0. The summed E-state index contributed by atoms with van der Waals surface area (Å²) in [4.78, 5) is 22.6. The van der Waals surface area contributed by atoms with Gasteiger partial charge < -0.3 is 10.0 Å². The molecule has 1 aromatic carbocycles. The zero-order chi connectivity index (χ0) is 21.6. The molecule has 3 aromatic heterocycles. The summed E-state index contributed by atoms with van der Waals surface area (Å²) in [6, 6.07) is 8.13. The van der Waals surface area contributed by atoms with E-state index in [2.05, 4.69) is 15.1 Å². The maximum absolute atomic E-state index is 14.5. The van der Waals surface area contributed by atoms with Gasteiger partial charge in [-0.1, -0.05) is 0 Å². The van der Waals surface area contributed by atoms with Gasteiger partial charge in [-0.2, -0.15) is 5.10 Å². The molecule has 0 amide bonds. The highest BCUT2D eigenvalue weighted by Gasteiger charge is 2.22. The molecule has 0 radical (unpaired) electrons. The van der Waals surface area contributed by atoms with Crippen LogP contribution in [-0.4, -0.2) is 44.8 Å². The minimum atomic E-state index is -1.21. The van der Waals surface area contributed by atoms with Crippen molar-refractivity contribution in [1.29, 1.82) is 0 Å². The van der Waals surface area contributed by atoms with E-state index in [1.54, 1.807) is 25.3 Å².